The normalized spacial score (nSPS) is 10.6. The highest BCUT2D eigenvalue weighted by Crippen LogP contribution is 2.20. The maximum atomic E-state index is 12.4. The monoisotopic (exact) mass is 407 g/mol. The van der Waals surface area contributed by atoms with Crippen LogP contribution in [-0.4, -0.2) is 11.0 Å². The second-order valence-electron chi connectivity index (χ2n) is 7.69. The standard InChI is InChI=1S/C28H25NO2/c30-27-17-23(15-21-7-3-1-4-8-21)16-24(18-27)20-29-28(31)19-22-11-13-26(14-12-22)25-9-5-2-6-10-25/h1-14,16-18,30H,15,19-20H2,(H,29,31). The molecule has 0 radical (unpaired) electrons. The number of carbonyl (C=O) groups excluding carboxylic acids is 1. The van der Waals surface area contributed by atoms with Crippen LogP contribution in [0.2, 0.25) is 0 Å². The van der Waals surface area contributed by atoms with Gasteiger partial charge in [-0.25, -0.2) is 0 Å². The van der Waals surface area contributed by atoms with Crippen LogP contribution in [0.15, 0.2) is 103 Å². The molecule has 0 aliphatic heterocycles. The van der Waals surface area contributed by atoms with E-state index in [0.717, 1.165) is 34.2 Å². The molecular weight excluding hydrogens is 382 g/mol. The van der Waals surface area contributed by atoms with Gasteiger partial charge < -0.3 is 10.4 Å². The number of carbonyl (C=O) groups is 1. The van der Waals surface area contributed by atoms with Crippen LogP contribution in [0.25, 0.3) is 11.1 Å². The first-order valence-electron chi connectivity index (χ1n) is 10.4. The van der Waals surface area contributed by atoms with Crippen LogP contribution < -0.4 is 5.32 Å². The smallest absolute Gasteiger partial charge is 0.224 e. The second-order valence-corrected chi connectivity index (χ2v) is 7.69. The van der Waals surface area contributed by atoms with E-state index in [-0.39, 0.29) is 11.7 Å². The highest BCUT2D eigenvalue weighted by molar-refractivity contribution is 5.79. The molecule has 31 heavy (non-hydrogen) atoms. The number of hydrogen-bond acceptors (Lipinski definition) is 2. The minimum absolute atomic E-state index is 0.0413. The Morgan fingerprint density at radius 2 is 1.26 bits per heavy atom. The Morgan fingerprint density at radius 3 is 1.97 bits per heavy atom. The van der Waals surface area contributed by atoms with E-state index in [9.17, 15) is 9.90 Å². The molecule has 4 rings (SSSR count). The van der Waals surface area contributed by atoms with Crippen molar-refractivity contribution in [1.29, 1.82) is 0 Å². The summed E-state index contributed by atoms with van der Waals surface area (Å²) in [6.45, 7) is 0.386. The first-order chi connectivity index (χ1) is 15.2. The molecule has 3 nitrogen and oxygen atoms in total. The van der Waals surface area contributed by atoms with Crippen molar-refractivity contribution in [3.8, 4) is 16.9 Å². The fourth-order valence-corrected chi connectivity index (χ4v) is 3.67. The third kappa shape index (κ3) is 5.83. The Bertz CT molecular complexity index is 1140. The summed E-state index contributed by atoms with van der Waals surface area (Å²) in [7, 11) is 0. The average molecular weight is 408 g/mol. The molecule has 1 amide bonds. The van der Waals surface area contributed by atoms with Crippen LogP contribution in [-0.2, 0) is 24.2 Å². The van der Waals surface area contributed by atoms with E-state index in [4.69, 9.17) is 0 Å². The molecular formula is C28H25NO2. The SMILES string of the molecule is O=C(Cc1ccc(-c2ccccc2)cc1)NCc1cc(O)cc(Cc2ccccc2)c1. The topological polar surface area (TPSA) is 49.3 Å². The third-order valence-electron chi connectivity index (χ3n) is 5.20. The summed E-state index contributed by atoms with van der Waals surface area (Å²) in [4.78, 5) is 12.4. The lowest BCUT2D eigenvalue weighted by Gasteiger charge is -2.10. The predicted octanol–water partition coefficient (Wildman–Crippen LogP) is 5.51. The van der Waals surface area contributed by atoms with Gasteiger partial charge in [0.05, 0.1) is 6.42 Å². The number of hydrogen-bond donors (Lipinski definition) is 2. The van der Waals surface area contributed by atoms with Crippen LogP contribution in [0, 0.1) is 0 Å². The molecule has 0 fully saturated rings. The first-order valence-corrected chi connectivity index (χ1v) is 10.4. The summed E-state index contributed by atoms with van der Waals surface area (Å²) in [5.74, 6) is 0.176. The van der Waals surface area contributed by atoms with Gasteiger partial charge in [0.25, 0.3) is 0 Å². The zero-order valence-corrected chi connectivity index (χ0v) is 17.3. The van der Waals surface area contributed by atoms with Crippen molar-refractivity contribution in [2.45, 2.75) is 19.4 Å². The lowest BCUT2D eigenvalue weighted by Crippen LogP contribution is -2.24. The summed E-state index contributed by atoms with van der Waals surface area (Å²) in [5, 5.41) is 13.0. The molecule has 0 aliphatic rings. The molecule has 0 aromatic heterocycles. The van der Waals surface area contributed by atoms with Gasteiger partial charge in [0, 0.05) is 6.54 Å². The van der Waals surface area contributed by atoms with Crippen LogP contribution in [0.1, 0.15) is 22.3 Å². The Kier molecular flexibility index (Phi) is 6.44. The quantitative estimate of drug-likeness (QED) is 0.424. The number of phenols is 1. The van der Waals surface area contributed by atoms with Crippen LogP contribution in [0.3, 0.4) is 0 Å². The number of nitrogens with one attached hydrogen (secondary N) is 1. The van der Waals surface area contributed by atoms with Crippen LogP contribution >= 0.6 is 0 Å². The van der Waals surface area contributed by atoms with E-state index < -0.39 is 0 Å². The number of phenolic OH excluding ortho intramolecular Hbond substituents is 1. The van der Waals surface area contributed by atoms with Crippen molar-refractivity contribution in [1.82, 2.24) is 5.32 Å². The van der Waals surface area contributed by atoms with Crippen molar-refractivity contribution in [2.24, 2.45) is 0 Å². The zero-order valence-electron chi connectivity index (χ0n) is 17.3. The second kappa shape index (κ2) is 9.77. The number of amides is 1. The van der Waals surface area contributed by atoms with Gasteiger partial charge in [-0.3, -0.25) is 4.79 Å². The maximum absolute atomic E-state index is 12.4. The third-order valence-corrected chi connectivity index (χ3v) is 5.20. The Balaban J connectivity index is 1.34. The van der Waals surface area contributed by atoms with Gasteiger partial charge in [-0.1, -0.05) is 91.0 Å². The minimum atomic E-state index is -0.0413. The molecule has 154 valence electrons. The molecule has 0 aliphatic carbocycles. The van der Waals surface area contributed by atoms with E-state index in [0.29, 0.717) is 13.0 Å². The lowest BCUT2D eigenvalue weighted by atomic mass is 10.0. The van der Waals surface area contributed by atoms with Crippen molar-refractivity contribution >= 4 is 5.91 Å². The lowest BCUT2D eigenvalue weighted by molar-refractivity contribution is -0.120. The van der Waals surface area contributed by atoms with E-state index in [1.165, 1.54) is 5.56 Å². The van der Waals surface area contributed by atoms with Gasteiger partial charge in [-0.15, -0.1) is 0 Å². The zero-order chi connectivity index (χ0) is 21.5. The summed E-state index contributed by atoms with van der Waals surface area (Å²) >= 11 is 0. The summed E-state index contributed by atoms with van der Waals surface area (Å²) in [6.07, 6.45) is 1.06. The van der Waals surface area contributed by atoms with Gasteiger partial charge in [0.2, 0.25) is 5.91 Å². The number of rotatable bonds is 7. The fourth-order valence-electron chi connectivity index (χ4n) is 3.67. The van der Waals surface area contributed by atoms with Crippen molar-refractivity contribution in [3.05, 3.63) is 125 Å². The highest BCUT2D eigenvalue weighted by atomic mass is 16.3. The predicted molar refractivity (Wildman–Crippen MR) is 125 cm³/mol. The summed E-state index contributed by atoms with van der Waals surface area (Å²) in [5.41, 5.74) is 6.36. The maximum Gasteiger partial charge on any atom is 0.224 e. The van der Waals surface area contributed by atoms with Crippen molar-refractivity contribution in [2.75, 3.05) is 0 Å². The van der Waals surface area contributed by atoms with E-state index in [1.54, 1.807) is 12.1 Å². The summed E-state index contributed by atoms with van der Waals surface area (Å²) in [6, 6.07) is 33.9. The van der Waals surface area contributed by atoms with Crippen molar-refractivity contribution in [3.63, 3.8) is 0 Å². The largest absolute Gasteiger partial charge is 0.508 e. The molecule has 0 saturated carbocycles. The number of aromatic hydroxyl groups is 1. The Labute approximate surface area is 183 Å². The molecule has 0 spiro atoms. The van der Waals surface area contributed by atoms with Gasteiger partial charge in [0.15, 0.2) is 0 Å². The van der Waals surface area contributed by atoms with Gasteiger partial charge >= 0.3 is 0 Å². The molecule has 0 unspecified atom stereocenters. The van der Waals surface area contributed by atoms with Crippen LogP contribution in [0.4, 0.5) is 0 Å². The fraction of sp³-hybridized carbons (Fsp3) is 0.107. The molecule has 2 N–H and O–H groups in total. The first kappa shape index (κ1) is 20.4. The van der Waals surface area contributed by atoms with Crippen LogP contribution in [0.5, 0.6) is 5.75 Å². The van der Waals surface area contributed by atoms with E-state index in [2.05, 4.69) is 29.6 Å². The van der Waals surface area contributed by atoms with Gasteiger partial charge in [-0.05, 0) is 51.9 Å². The number of benzene rings is 4. The molecule has 0 bridgehead atoms. The van der Waals surface area contributed by atoms with Gasteiger partial charge in [-0.2, -0.15) is 0 Å². The molecule has 4 aromatic carbocycles. The highest BCUT2D eigenvalue weighted by Gasteiger charge is 2.07. The average Bonchev–Trinajstić information content (AvgIpc) is 2.79. The molecule has 3 heteroatoms. The van der Waals surface area contributed by atoms with E-state index >= 15 is 0 Å². The Morgan fingerprint density at radius 1 is 0.645 bits per heavy atom. The Hall–Kier alpha value is -3.85. The minimum Gasteiger partial charge on any atom is -0.508 e. The summed E-state index contributed by atoms with van der Waals surface area (Å²) < 4.78 is 0. The molecule has 0 heterocycles. The van der Waals surface area contributed by atoms with E-state index in [1.807, 2.05) is 66.7 Å². The van der Waals surface area contributed by atoms with Gasteiger partial charge in [0.1, 0.15) is 5.75 Å². The molecule has 4 aromatic rings. The van der Waals surface area contributed by atoms with Crippen molar-refractivity contribution < 1.29 is 9.90 Å². The molecule has 0 atom stereocenters. The molecule has 0 saturated heterocycles.